The monoisotopic (exact) mass is 420 g/mol. The molecule has 0 aliphatic heterocycles. The van der Waals surface area contributed by atoms with Crippen LogP contribution >= 0.6 is 35.3 Å². The van der Waals surface area contributed by atoms with Gasteiger partial charge in [-0.1, -0.05) is 13.8 Å². The number of thioether (sulfide) groups is 3. The number of rotatable bonds is 10. The highest BCUT2D eigenvalue weighted by Crippen LogP contribution is 2.43. The highest BCUT2D eigenvalue weighted by molar-refractivity contribution is 8.04. The molecule has 0 radical (unpaired) electrons. The van der Waals surface area contributed by atoms with Crippen LogP contribution in [0.25, 0.3) is 0 Å². The van der Waals surface area contributed by atoms with E-state index in [1.165, 1.54) is 17.3 Å². The van der Waals surface area contributed by atoms with Gasteiger partial charge in [-0.3, -0.25) is 0 Å². The van der Waals surface area contributed by atoms with Crippen LogP contribution in [0.15, 0.2) is 22.4 Å². The van der Waals surface area contributed by atoms with Crippen LogP contribution in [-0.2, 0) is 0 Å². The lowest BCUT2D eigenvalue weighted by molar-refractivity contribution is 0.292. The van der Waals surface area contributed by atoms with E-state index < -0.39 is 0 Å². The van der Waals surface area contributed by atoms with Crippen LogP contribution in [-0.4, -0.2) is 53.5 Å². The van der Waals surface area contributed by atoms with Crippen LogP contribution in [0.5, 0.6) is 0 Å². The summed E-state index contributed by atoms with van der Waals surface area (Å²) in [6.07, 6.45) is 3.51. The number of allylic oxidation sites excluding steroid dienone is 4. The summed E-state index contributed by atoms with van der Waals surface area (Å²) < 4.78 is 0. The van der Waals surface area contributed by atoms with E-state index in [4.69, 9.17) is 0 Å². The number of hydrogen-bond donors (Lipinski definition) is 0. The van der Waals surface area contributed by atoms with Crippen molar-refractivity contribution in [1.29, 1.82) is 15.8 Å². The van der Waals surface area contributed by atoms with Gasteiger partial charge in [0, 0.05) is 53.6 Å². The molecule has 1 aliphatic carbocycles. The molecule has 1 aliphatic rings. The smallest absolute Gasteiger partial charge is 0.134 e. The van der Waals surface area contributed by atoms with Crippen LogP contribution in [0.2, 0.25) is 0 Å². The second-order valence-electron chi connectivity index (χ2n) is 7.17. The number of nitrogens with zero attached hydrogens (tertiary/aromatic N) is 4. The topological polar surface area (TPSA) is 74.6 Å². The first-order valence-corrected chi connectivity index (χ1v) is 12.6. The maximum Gasteiger partial charge on any atom is 0.134 e. The Kier molecular flexibility index (Phi) is 10.9. The van der Waals surface area contributed by atoms with Gasteiger partial charge in [-0.05, 0) is 24.5 Å². The second kappa shape index (κ2) is 12.3. The van der Waals surface area contributed by atoms with Crippen molar-refractivity contribution < 1.29 is 0 Å². The molecule has 0 saturated heterocycles. The minimum Gasteiger partial charge on any atom is -0.376 e. The zero-order valence-electron chi connectivity index (χ0n) is 16.7. The Bertz CT molecular complexity index is 673. The quantitative estimate of drug-likeness (QED) is 0.375. The molecular weight excluding hydrogens is 392 g/mol. The summed E-state index contributed by atoms with van der Waals surface area (Å²) in [5.74, 6) is 5.74. The van der Waals surface area contributed by atoms with E-state index in [-0.39, 0.29) is 11.0 Å². The predicted molar refractivity (Wildman–Crippen MR) is 120 cm³/mol. The molecule has 0 atom stereocenters. The van der Waals surface area contributed by atoms with Gasteiger partial charge in [0.05, 0.1) is 5.57 Å². The fraction of sp³-hybridized carbons (Fsp3) is 0.650. The zero-order valence-corrected chi connectivity index (χ0v) is 19.1. The van der Waals surface area contributed by atoms with E-state index in [0.717, 1.165) is 30.2 Å². The standard InChI is InChI=1S/C20H28N4S3/c1-20(2)11-17(16(13-21)14-22)18(15-23)19(12-20)24(3)5-6-26-9-10-27-8-7-25-4/h5-12H2,1-4H3. The van der Waals surface area contributed by atoms with Crippen molar-refractivity contribution in [2.45, 2.75) is 26.7 Å². The molecule has 0 N–H and O–H groups in total. The molecule has 0 aromatic heterocycles. The van der Waals surface area contributed by atoms with Crippen LogP contribution in [0, 0.1) is 39.4 Å². The van der Waals surface area contributed by atoms with E-state index in [1.54, 1.807) is 0 Å². The zero-order chi connectivity index (χ0) is 20.3. The van der Waals surface area contributed by atoms with Crippen LogP contribution in [0.4, 0.5) is 0 Å². The summed E-state index contributed by atoms with van der Waals surface area (Å²) >= 11 is 5.83. The maximum atomic E-state index is 9.71. The van der Waals surface area contributed by atoms with Gasteiger partial charge in [0.15, 0.2) is 0 Å². The Morgan fingerprint density at radius 2 is 1.59 bits per heavy atom. The normalized spacial score (nSPS) is 15.7. The molecular formula is C20H28N4S3. The fourth-order valence-corrected chi connectivity index (χ4v) is 5.87. The maximum absolute atomic E-state index is 9.71. The molecule has 0 aromatic rings. The largest absolute Gasteiger partial charge is 0.376 e. The van der Waals surface area contributed by atoms with Crippen molar-refractivity contribution in [3.8, 4) is 18.2 Å². The summed E-state index contributed by atoms with van der Waals surface area (Å²) in [5, 5.41) is 28.3. The average Bonchev–Trinajstić information content (AvgIpc) is 2.63. The van der Waals surface area contributed by atoms with E-state index >= 15 is 0 Å². The molecule has 0 aromatic carbocycles. The first-order valence-electron chi connectivity index (χ1n) is 8.92. The number of nitriles is 3. The SMILES string of the molecule is CSCCSCCSCCN(C)C1=C(C#N)C(=C(C#N)C#N)CC(C)(C)C1. The van der Waals surface area contributed by atoms with Crippen molar-refractivity contribution in [2.75, 3.05) is 48.6 Å². The lowest BCUT2D eigenvalue weighted by atomic mass is 9.72. The molecule has 0 saturated carbocycles. The highest BCUT2D eigenvalue weighted by atomic mass is 32.2. The van der Waals surface area contributed by atoms with Crippen molar-refractivity contribution in [1.82, 2.24) is 4.90 Å². The van der Waals surface area contributed by atoms with Gasteiger partial charge >= 0.3 is 0 Å². The van der Waals surface area contributed by atoms with E-state index in [2.05, 4.69) is 31.1 Å². The lowest BCUT2D eigenvalue weighted by Crippen LogP contribution is -2.30. The van der Waals surface area contributed by atoms with Gasteiger partial charge in [-0.15, -0.1) is 0 Å². The molecule has 27 heavy (non-hydrogen) atoms. The highest BCUT2D eigenvalue weighted by Gasteiger charge is 2.34. The Morgan fingerprint density at radius 3 is 2.15 bits per heavy atom. The molecule has 4 nitrogen and oxygen atoms in total. The Hall–Kier alpha value is -1.20. The molecule has 0 unspecified atom stereocenters. The van der Waals surface area contributed by atoms with Crippen LogP contribution < -0.4 is 0 Å². The second-order valence-corrected chi connectivity index (χ2v) is 10.6. The lowest BCUT2D eigenvalue weighted by Gasteiger charge is -2.37. The van der Waals surface area contributed by atoms with Gasteiger partial charge in [0.1, 0.15) is 23.8 Å². The van der Waals surface area contributed by atoms with Gasteiger partial charge < -0.3 is 4.90 Å². The van der Waals surface area contributed by atoms with Crippen molar-refractivity contribution in [3.05, 3.63) is 22.4 Å². The molecule has 7 heteroatoms. The summed E-state index contributed by atoms with van der Waals surface area (Å²) in [6.45, 7) is 5.11. The first kappa shape index (κ1) is 23.8. The molecule has 0 heterocycles. The van der Waals surface area contributed by atoms with Gasteiger partial charge in [0.25, 0.3) is 0 Å². The van der Waals surface area contributed by atoms with Gasteiger partial charge in [-0.2, -0.15) is 51.1 Å². The molecule has 0 bridgehead atoms. The third kappa shape index (κ3) is 7.74. The van der Waals surface area contributed by atoms with E-state index in [0.29, 0.717) is 17.6 Å². The summed E-state index contributed by atoms with van der Waals surface area (Å²) in [7, 11) is 2.01. The molecule has 0 spiro atoms. The van der Waals surface area contributed by atoms with Crippen LogP contribution in [0.1, 0.15) is 26.7 Å². The van der Waals surface area contributed by atoms with Crippen molar-refractivity contribution >= 4 is 35.3 Å². The molecule has 0 fully saturated rings. The Labute approximate surface area is 177 Å². The minimum absolute atomic E-state index is 0.0701. The first-order chi connectivity index (χ1) is 12.9. The Morgan fingerprint density at radius 1 is 1.00 bits per heavy atom. The van der Waals surface area contributed by atoms with Crippen molar-refractivity contribution in [3.63, 3.8) is 0 Å². The Balaban J connectivity index is 2.77. The fourth-order valence-electron chi connectivity index (χ4n) is 2.98. The predicted octanol–water partition coefficient (Wildman–Crippen LogP) is 4.69. The molecule has 1 rings (SSSR count). The average molecular weight is 421 g/mol. The van der Waals surface area contributed by atoms with Crippen molar-refractivity contribution in [2.24, 2.45) is 5.41 Å². The summed E-state index contributed by atoms with van der Waals surface area (Å²) in [6, 6.07) is 6.21. The molecule has 146 valence electrons. The third-order valence-corrected chi connectivity index (χ3v) is 7.44. The summed E-state index contributed by atoms with van der Waals surface area (Å²) in [4.78, 5) is 2.14. The van der Waals surface area contributed by atoms with E-state index in [1.807, 2.05) is 54.5 Å². The van der Waals surface area contributed by atoms with E-state index in [9.17, 15) is 15.8 Å². The van der Waals surface area contributed by atoms with Crippen LogP contribution in [0.3, 0.4) is 0 Å². The molecule has 0 amide bonds. The summed E-state index contributed by atoms with van der Waals surface area (Å²) in [5.41, 5.74) is 2.09. The number of hydrogen-bond acceptors (Lipinski definition) is 7. The third-order valence-electron chi connectivity index (χ3n) is 4.36. The minimum atomic E-state index is -0.0701. The van der Waals surface area contributed by atoms with Gasteiger partial charge in [0.2, 0.25) is 0 Å². The van der Waals surface area contributed by atoms with Gasteiger partial charge in [-0.25, -0.2) is 0 Å².